The predicted molar refractivity (Wildman–Crippen MR) is 267 cm³/mol. The molecular weight excluding hydrogens is 703 g/mol. The van der Waals surface area contributed by atoms with Crippen molar-refractivity contribution < 1.29 is 0 Å². The Hall–Kier alpha value is 1.06. The lowest BCUT2D eigenvalue weighted by Crippen LogP contribution is -2.38. The summed E-state index contributed by atoms with van der Waals surface area (Å²) in [5, 5.41) is 9.30. The van der Waals surface area contributed by atoms with Crippen LogP contribution in [0.15, 0.2) is 0 Å². The number of hydrogen-bond acceptors (Lipinski definition) is 0. The molecule has 0 spiro atoms. The summed E-state index contributed by atoms with van der Waals surface area (Å²) in [7, 11) is 0. The lowest BCUT2D eigenvalue weighted by molar-refractivity contribution is 0.179. The van der Waals surface area contributed by atoms with Crippen molar-refractivity contribution in [2.24, 2.45) is 85.8 Å². The van der Waals surface area contributed by atoms with E-state index in [9.17, 15) is 0 Å². The Bertz CT molecular complexity index is 865. The fourth-order valence-electron chi connectivity index (χ4n) is 11.7. The second-order valence-electron chi connectivity index (χ2n) is 26.1. The highest BCUT2D eigenvalue weighted by Crippen LogP contribution is 2.47. The van der Waals surface area contributed by atoms with Gasteiger partial charge in [0.25, 0.3) is 28.3 Å². The van der Waals surface area contributed by atoms with Crippen LogP contribution in [0.25, 0.3) is 0 Å². The van der Waals surface area contributed by atoms with Gasteiger partial charge in [-0.1, -0.05) is 257 Å². The average Bonchev–Trinajstić information content (AvgIpc) is 3.05. The zero-order valence-electron chi connectivity index (χ0n) is 44.8. The molecule has 0 bridgehead atoms. The molecule has 0 saturated carbocycles. The summed E-state index contributed by atoms with van der Waals surface area (Å²) in [6, 6.07) is 0. The molecule has 0 fully saturated rings. The Balaban J connectivity index is 0. The minimum Gasteiger partial charge on any atom is -0.0905 e. The summed E-state index contributed by atoms with van der Waals surface area (Å²) in [6.07, 6.45) is 8.07. The van der Waals surface area contributed by atoms with Crippen molar-refractivity contribution in [3.8, 4) is 0 Å². The van der Waals surface area contributed by atoms with Crippen molar-refractivity contribution in [2.45, 2.75) is 257 Å². The second kappa shape index (κ2) is 25.2. The first-order valence-corrected chi connectivity index (χ1v) is 30.0. The first-order valence-electron chi connectivity index (χ1n) is 25.1. The van der Waals surface area contributed by atoms with Crippen LogP contribution in [-0.2, 0) is 0 Å². The smallest absolute Gasteiger partial charge is 0.0905 e. The van der Waals surface area contributed by atoms with E-state index < -0.39 is 28.3 Å². The van der Waals surface area contributed by atoms with Gasteiger partial charge in [-0.05, 0) is 85.8 Å². The Morgan fingerprint density at radius 3 is 0.607 bits per heavy atom. The van der Waals surface area contributed by atoms with Crippen LogP contribution in [0.5, 0.6) is 0 Å². The van der Waals surface area contributed by atoms with Crippen LogP contribution >= 0.6 is 0 Å². The first kappa shape index (κ1) is 59.2. The van der Waals surface area contributed by atoms with Gasteiger partial charge in [0.2, 0.25) is 0 Å². The third-order valence-electron chi connectivity index (χ3n) is 16.9. The van der Waals surface area contributed by atoms with Crippen molar-refractivity contribution >= 4 is 28.3 Å². The Morgan fingerprint density at radius 2 is 0.482 bits per heavy atom. The Labute approximate surface area is 369 Å². The average molecular weight is 817 g/mol. The zero-order chi connectivity index (χ0) is 44.8. The van der Waals surface area contributed by atoms with Crippen molar-refractivity contribution in [2.75, 3.05) is 0 Å². The summed E-state index contributed by atoms with van der Waals surface area (Å²) >= 11 is -1.68. The van der Waals surface area contributed by atoms with Gasteiger partial charge in [-0.3, -0.25) is 0 Å². The van der Waals surface area contributed by atoms with Gasteiger partial charge >= 0.3 is 0 Å². The van der Waals surface area contributed by atoms with Gasteiger partial charge in [0, 0.05) is 0 Å². The molecule has 336 valence electrons. The molecule has 0 rings (SSSR count). The van der Waals surface area contributed by atoms with Crippen LogP contribution in [0, 0.1) is 85.8 Å². The largest absolute Gasteiger partial charge is 0.262 e. The topological polar surface area (TPSA) is 0 Å². The molecule has 0 saturated heterocycles. The maximum Gasteiger partial charge on any atom is 0.262 e. The zero-order valence-corrected chi connectivity index (χ0v) is 47.1. The number of hydrogen-bond donors (Lipinski definition) is 0. The van der Waals surface area contributed by atoms with Gasteiger partial charge in [0.1, 0.15) is 0 Å². The molecule has 0 heterocycles. The van der Waals surface area contributed by atoms with Crippen LogP contribution < -0.4 is 0 Å². The van der Waals surface area contributed by atoms with E-state index in [1.807, 2.05) is 0 Å². The van der Waals surface area contributed by atoms with Crippen LogP contribution in [0.3, 0.4) is 0 Å². The molecule has 6 unspecified atom stereocenters. The maximum absolute atomic E-state index is 2.53. The fraction of sp³-hybridized carbons (Fsp3) is 1.00. The van der Waals surface area contributed by atoms with Crippen LogP contribution in [0.4, 0.5) is 0 Å². The van der Waals surface area contributed by atoms with Crippen molar-refractivity contribution in [3.05, 3.63) is 0 Å². The molecule has 6 atom stereocenters. The van der Waals surface area contributed by atoms with E-state index in [4.69, 9.17) is 0 Å². The molecule has 0 aliphatic carbocycles. The minimum absolute atomic E-state index is 0.420. The van der Waals surface area contributed by atoms with Crippen molar-refractivity contribution in [1.29, 1.82) is 0 Å². The third-order valence-corrected chi connectivity index (χ3v) is 24.1. The predicted octanol–water partition coefficient (Wildman–Crippen LogP) is 19.3. The quantitative estimate of drug-likeness (QED) is 0.0852. The van der Waals surface area contributed by atoms with E-state index >= 15 is 0 Å². The molecule has 0 nitrogen and oxygen atoms in total. The summed E-state index contributed by atoms with van der Waals surface area (Å²) in [5.41, 5.74) is 2.77. The molecule has 2 heteroatoms. The highest BCUT2D eigenvalue weighted by atomic mass is 27.2. The van der Waals surface area contributed by atoms with E-state index in [1.165, 1.54) is 54.4 Å². The van der Waals surface area contributed by atoms with E-state index in [2.05, 4.69) is 187 Å². The summed E-state index contributed by atoms with van der Waals surface area (Å²) in [4.78, 5) is 0. The van der Waals surface area contributed by atoms with E-state index in [0.29, 0.717) is 32.5 Å². The van der Waals surface area contributed by atoms with Crippen LogP contribution in [0.1, 0.15) is 225 Å². The second-order valence-corrected chi connectivity index (χ2v) is 32.4. The molecule has 0 aliphatic heterocycles. The van der Waals surface area contributed by atoms with Gasteiger partial charge in [0.15, 0.2) is 0 Å². The Morgan fingerprint density at radius 1 is 0.304 bits per heavy atom. The first-order chi connectivity index (χ1) is 25.1. The van der Waals surface area contributed by atoms with E-state index in [1.54, 1.807) is 15.8 Å². The van der Waals surface area contributed by atoms with Crippen LogP contribution in [0.2, 0.25) is 31.7 Å². The van der Waals surface area contributed by atoms with Crippen molar-refractivity contribution in [3.63, 3.8) is 0 Å². The van der Waals surface area contributed by atoms with Crippen molar-refractivity contribution in [1.82, 2.24) is 0 Å². The summed E-state index contributed by atoms with van der Waals surface area (Å²) in [6.45, 7) is 66.9. The molecule has 0 radical (unpaired) electrons. The van der Waals surface area contributed by atoms with Gasteiger partial charge in [0.05, 0.1) is 0 Å². The molecule has 0 aromatic heterocycles. The van der Waals surface area contributed by atoms with Crippen LogP contribution in [-0.4, -0.2) is 28.3 Å². The van der Waals surface area contributed by atoms with Gasteiger partial charge < -0.3 is 0 Å². The monoisotopic (exact) mass is 817 g/mol. The molecule has 0 aromatic rings. The van der Waals surface area contributed by atoms with E-state index in [0.717, 1.165) is 53.3 Å². The van der Waals surface area contributed by atoms with Gasteiger partial charge in [-0.15, -0.1) is 0 Å². The molecular formula is C54H114Al2. The number of rotatable bonds is 24. The van der Waals surface area contributed by atoms with Gasteiger partial charge in [-0.2, -0.15) is 0 Å². The van der Waals surface area contributed by atoms with Gasteiger partial charge in [-0.25, -0.2) is 0 Å². The molecule has 0 aromatic carbocycles. The molecule has 56 heavy (non-hydrogen) atoms. The minimum atomic E-state index is -0.875. The molecule has 0 aliphatic rings. The molecule has 0 amide bonds. The highest BCUT2D eigenvalue weighted by molar-refractivity contribution is 6.59. The lowest BCUT2D eigenvalue weighted by Gasteiger charge is -2.42. The summed E-state index contributed by atoms with van der Waals surface area (Å²) < 4.78 is 0. The summed E-state index contributed by atoms with van der Waals surface area (Å²) in [5.74, 6) is 7.66. The fourth-order valence-corrected chi connectivity index (χ4v) is 24.1. The van der Waals surface area contributed by atoms with E-state index in [-0.39, 0.29) is 0 Å². The highest BCUT2D eigenvalue weighted by Gasteiger charge is 2.41. The Kier molecular flexibility index (Phi) is 26.7. The maximum atomic E-state index is 2.53. The normalized spacial score (nSPS) is 17.0. The molecule has 0 N–H and O–H groups in total. The standard InChI is InChI=1S/6C9H19.2Al/c3*1-7(2)8(3)9(4,5)6;3*1-6-8(3)9(4,5)7-2;;/h3*7-8H,3H2,1-2,4-6H3;3*8H,3,6-7H2,1-2,4-5H3;;. The SMILES string of the molecule is CC(C)C([CH2][Al]([CH2]C(C(C)C)C(C)(C)C)[CH2]C(C(C)C)C(C)(C)C)C(C)(C)C.CCC([CH2][Al]([CH2]C(CC)C(C)(C)CC)[CH2]C(CC)C(C)(C)CC)C(C)(C)CC. The lowest BCUT2D eigenvalue weighted by atomic mass is 9.75. The third kappa shape index (κ3) is 20.8.